The molecule has 2 atom stereocenters. The second-order valence-electron chi connectivity index (χ2n) is 11.3. The van der Waals surface area contributed by atoms with Crippen LogP contribution in [0.3, 0.4) is 0 Å². The minimum absolute atomic E-state index is 0.0723. The van der Waals surface area contributed by atoms with Crippen LogP contribution in [-0.2, 0) is 11.3 Å². The van der Waals surface area contributed by atoms with Crippen molar-refractivity contribution in [1.82, 2.24) is 15.2 Å². The van der Waals surface area contributed by atoms with Gasteiger partial charge in [-0.2, -0.15) is 0 Å². The lowest BCUT2D eigenvalue weighted by Crippen LogP contribution is -2.45. The number of aryl methyl sites for hydroxylation is 1. The van der Waals surface area contributed by atoms with Crippen LogP contribution in [0.5, 0.6) is 5.75 Å². The highest BCUT2D eigenvalue weighted by molar-refractivity contribution is 5.96. The molecule has 2 unspecified atom stereocenters. The van der Waals surface area contributed by atoms with Gasteiger partial charge in [-0.1, -0.05) is 24.3 Å². The first kappa shape index (κ1) is 29.8. The zero-order valence-electron chi connectivity index (χ0n) is 24.2. The molecule has 0 bridgehead atoms. The average molecular weight is 583 g/mol. The third-order valence-electron chi connectivity index (χ3n) is 7.78. The van der Waals surface area contributed by atoms with E-state index in [4.69, 9.17) is 9.72 Å². The Morgan fingerprint density at radius 3 is 2.33 bits per heavy atom. The number of morpholine rings is 1. The number of rotatable bonds is 7. The molecule has 10 heteroatoms. The second kappa shape index (κ2) is 12.7. The van der Waals surface area contributed by atoms with Crippen molar-refractivity contribution < 1.29 is 27.4 Å². The largest absolute Gasteiger partial charge is 0.573 e. The van der Waals surface area contributed by atoms with Gasteiger partial charge >= 0.3 is 6.36 Å². The summed E-state index contributed by atoms with van der Waals surface area (Å²) < 4.78 is 47.3. The number of nitrogens with zero attached hydrogens (tertiary/aromatic N) is 3. The van der Waals surface area contributed by atoms with Gasteiger partial charge in [0.2, 0.25) is 0 Å². The maximum absolute atomic E-state index is 13.1. The number of anilines is 1. The number of nitrogens with one attached hydrogen (secondary N) is 1. The molecule has 2 aliphatic heterocycles. The van der Waals surface area contributed by atoms with Gasteiger partial charge in [-0.15, -0.1) is 13.2 Å². The molecule has 2 aliphatic rings. The molecular weight excluding hydrogens is 545 g/mol. The highest BCUT2D eigenvalue weighted by Crippen LogP contribution is 2.29. The molecule has 0 radical (unpaired) electrons. The SMILES string of the molecule is Cc1ccc(C(=O)NC2CCN(Cc3ccc(N4CC(C)OC(C)C4)nc3)CC2)cc1-c1ccc(OC(F)(F)F)cc1. The summed E-state index contributed by atoms with van der Waals surface area (Å²) in [5.41, 5.74) is 4.10. The molecule has 2 saturated heterocycles. The molecule has 224 valence electrons. The van der Waals surface area contributed by atoms with Crippen LogP contribution in [0.2, 0.25) is 0 Å². The van der Waals surface area contributed by atoms with Gasteiger partial charge < -0.3 is 19.7 Å². The Morgan fingerprint density at radius 2 is 1.71 bits per heavy atom. The molecule has 42 heavy (non-hydrogen) atoms. The first-order valence-electron chi connectivity index (χ1n) is 14.4. The van der Waals surface area contributed by atoms with Crippen molar-refractivity contribution in [2.75, 3.05) is 31.1 Å². The number of alkyl halides is 3. The summed E-state index contributed by atoms with van der Waals surface area (Å²) in [5.74, 6) is 0.543. The number of halogens is 3. The lowest BCUT2D eigenvalue weighted by atomic mass is 9.97. The van der Waals surface area contributed by atoms with Gasteiger partial charge in [0.25, 0.3) is 5.91 Å². The maximum Gasteiger partial charge on any atom is 0.573 e. The zero-order chi connectivity index (χ0) is 29.9. The minimum Gasteiger partial charge on any atom is -0.406 e. The molecule has 1 N–H and O–H groups in total. The van der Waals surface area contributed by atoms with Gasteiger partial charge in [-0.05, 0) is 86.2 Å². The molecular formula is C32H37F3N4O3. The number of pyridine rings is 1. The molecule has 0 spiro atoms. The Kier molecular flexibility index (Phi) is 9.03. The molecule has 1 amide bonds. The van der Waals surface area contributed by atoms with Crippen molar-refractivity contribution in [3.63, 3.8) is 0 Å². The zero-order valence-corrected chi connectivity index (χ0v) is 24.2. The number of piperidine rings is 1. The molecule has 0 saturated carbocycles. The summed E-state index contributed by atoms with van der Waals surface area (Å²) in [6.07, 6.45) is -0.712. The topological polar surface area (TPSA) is 66.9 Å². The summed E-state index contributed by atoms with van der Waals surface area (Å²) in [7, 11) is 0. The molecule has 0 aliphatic carbocycles. The Hall–Kier alpha value is -3.63. The van der Waals surface area contributed by atoms with E-state index in [1.165, 1.54) is 17.7 Å². The number of aromatic nitrogens is 1. The fourth-order valence-corrected chi connectivity index (χ4v) is 5.73. The first-order chi connectivity index (χ1) is 20.0. The van der Waals surface area contributed by atoms with Crippen molar-refractivity contribution in [1.29, 1.82) is 0 Å². The van der Waals surface area contributed by atoms with Crippen LogP contribution in [0, 0.1) is 6.92 Å². The number of hydrogen-bond donors (Lipinski definition) is 1. The minimum atomic E-state index is -4.74. The van der Waals surface area contributed by atoms with Gasteiger partial charge in [0, 0.05) is 50.5 Å². The van der Waals surface area contributed by atoms with Crippen LogP contribution >= 0.6 is 0 Å². The number of benzene rings is 2. The smallest absolute Gasteiger partial charge is 0.406 e. The Balaban J connectivity index is 1.12. The Bertz CT molecular complexity index is 1350. The van der Waals surface area contributed by atoms with E-state index in [0.717, 1.165) is 62.5 Å². The number of carbonyl (C=O) groups excluding carboxylic acids is 1. The molecule has 3 aromatic rings. The van der Waals surface area contributed by atoms with Crippen LogP contribution < -0.4 is 15.0 Å². The quantitative estimate of drug-likeness (QED) is 0.371. The van der Waals surface area contributed by atoms with Crippen LogP contribution in [0.15, 0.2) is 60.8 Å². The third-order valence-corrected chi connectivity index (χ3v) is 7.78. The van der Waals surface area contributed by atoms with Crippen LogP contribution in [0.4, 0.5) is 19.0 Å². The molecule has 2 fully saturated rings. The standard InChI is InChI=1S/C32H37F3N4O3/c1-21-4-6-26(16-29(21)25-7-9-28(10-8-25)42-32(33,34)35)31(40)37-27-12-14-38(15-13-27)20-24-5-11-30(36-17-24)39-18-22(2)41-23(3)19-39/h4-11,16-17,22-23,27H,12-15,18-20H2,1-3H3,(H,37,40). The van der Waals surface area contributed by atoms with E-state index in [1.807, 2.05) is 19.2 Å². The molecule has 3 heterocycles. The van der Waals surface area contributed by atoms with Gasteiger partial charge in [0.15, 0.2) is 0 Å². The lowest BCUT2D eigenvalue weighted by Gasteiger charge is -2.36. The van der Waals surface area contributed by atoms with Gasteiger partial charge in [-0.25, -0.2) is 4.98 Å². The number of likely N-dealkylation sites (tertiary alicyclic amines) is 1. The number of carbonyl (C=O) groups is 1. The predicted octanol–water partition coefficient (Wildman–Crippen LogP) is 5.96. The Labute approximate surface area is 244 Å². The van der Waals surface area contributed by atoms with Gasteiger partial charge in [-0.3, -0.25) is 9.69 Å². The van der Waals surface area contributed by atoms with E-state index in [9.17, 15) is 18.0 Å². The summed E-state index contributed by atoms with van der Waals surface area (Å²) in [4.78, 5) is 22.5. The molecule has 1 aromatic heterocycles. The van der Waals surface area contributed by atoms with E-state index in [1.54, 1.807) is 24.3 Å². The molecule has 5 rings (SSSR count). The van der Waals surface area contributed by atoms with Crippen molar-refractivity contribution in [3.05, 3.63) is 77.5 Å². The van der Waals surface area contributed by atoms with Gasteiger partial charge in [0.05, 0.1) is 12.2 Å². The first-order valence-corrected chi connectivity index (χ1v) is 14.4. The fraction of sp³-hybridized carbons (Fsp3) is 0.438. The lowest BCUT2D eigenvalue weighted by molar-refractivity contribution is -0.274. The van der Waals surface area contributed by atoms with E-state index < -0.39 is 6.36 Å². The molecule has 7 nitrogen and oxygen atoms in total. The van der Waals surface area contributed by atoms with Crippen LogP contribution in [0.1, 0.15) is 48.2 Å². The molecule has 2 aromatic carbocycles. The summed E-state index contributed by atoms with van der Waals surface area (Å²) >= 11 is 0. The fourth-order valence-electron chi connectivity index (χ4n) is 5.73. The van der Waals surface area contributed by atoms with Crippen molar-refractivity contribution >= 4 is 11.7 Å². The average Bonchev–Trinajstić information content (AvgIpc) is 2.94. The van der Waals surface area contributed by atoms with Crippen molar-refractivity contribution in [2.45, 2.75) is 64.8 Å². The van der Waals surface area contributed by atoms with Crippen LogP contribution in [-0.4, -0.2) is 66.6 Å². The summed E-state index contributed by atoms with van der Waals surface area (Å²) in [6.45, 7) is 10.3. The van der Waals surface area contributed by atoms with Crippen molar-refractivity contribution in [2.24, 2.45) is 0 Å². The monoisotopic (exact) mass is 582 g/mol. The summed E-state index contributed by atoms with van der Waals surface area (Å²) in [6, 6.07) is 15.4. The van der Waals surface area contributed by atoms with E-state index in [-0.39, 0.29) is 29.9 Å². The highest BCUT2D eigenvalue weighted by Gasteiger charge is 2.31. The predicted molar refractivity (Wildman–Crippen MR) is 156 cm³/mol. The third kappa shape index (κ3) is 7.80. The van der Waals surface area contributed by atoms with E-state index in [0.29, 0.717) is 11.1 Å². The highest BCUT2D eigenvalue weighted by atomic mass is 19.4. The normalized spacial score (nSPS) is 20.4. The van der Waals surface area contributed by atoms with Gasteiger partial charge in [0.1, 0.15) is 11.6 Å². The summed E-state index contributed by atoms with van der Waals surface area (Å²) in [5, 5.41) is 3.16. The van der Waals surface area contributed by atoms with E-state index in [2.05, 4.69) is 45.8 Å². The van der Waals surface area contributed by atoms with E-state index >= 15 is 0 Å². The second-order valence-corrected chi connectivity index (χ2v) is 11.3. The Morgan fingerprint density at radius 1 is 1.02 bits per heavy atom. The van der Waals surface area contributed by atoms with Crippen LogP contribution in [0.25, 0.3) is 11.1 Å². The number of hydrogen-bond acceptors (Lipinski definition) is 6. The number of ether oxygens (including phenoxy) is 2. The maximum atomic E-state index is 13.1. The number of amides is 1. The van der Waals surface area contributed by atoms with Crippen molar-refractivity contribution in [3.8, 4) is 16.9 Å².